The van der Waals surface area contributed by atoms with E-state index in [4.69, 9.17) is 10.5 Å². The molecule has 0 aromatic heterocycles. The van der Waals surface area contributed by atoms with Crippen LogP contribution in [0, 0.1) is 5.92 Å². The van der Waals surface area contributed by atoms with Gasteiger partial charge < -0.3 is 10.5 Å². The van der Waals surface area contributed by atoms with E-state index in [1.54, 1.807) is 6.92 Å². The summed E-state index contributed by atoms with van der Waals surface area (Å²) in [5.74, 6) is 0.310. The molecule has 1 fully saturated rings. The van der Waals surface area contributed by atoms with E-state index in [1.807, 2.05) is 30.3 Å². The highest BCUT2D eigenvalue weighted by Gasteiger charge is 2.34. The second-order valence-corrected chi connectivity index (χ2v) is 5.87. The lowest BCUT2D eigenvalue weighted by Crippen LogP contribution is -2.45. The molecule has 0 bridgehead atoms. The third-order valence-electron chi connectivity index (χ3n) is 3.96. The number of nitrogens with two attached hydrogens (primary N) is 1. The Kier molecular flexibility index (Phi) is 4.25. The Labute approximate surface area is 115 Å². The van der Waals surface area contributed by atoms with E-state index < -0.39 is 5.54 Å². The summed E-state index contributed by atoms with van der Waals surface area (Å²) in [4.78, 5) is 12.3. The van der Waals surface area contributed by atoms with Crippen LogP contribution in [-0.2, 0) is 15.1 Å². The van der Waals surface area contributed by atoms with Crippen LogP contribution in [0.25, 0.3) is 0 Å². The Morgan fingerprint density at radius 1 is 1.32 bits per heavy atom. The highest BCUT2D eigenvalue weighted by molar-refractivity contribution is 5.82. The molecule has 2 rings (SSSR count). The number of rotatable bonds is 3. The Morgan fingerprint density at radius 2 is 2.00 bits per heavy atom. The van der Waals surface area contributed by atoms with Crippen LogP contribution < -0.4 is 5.73 Å². The fraction of sp³-hybridized carbons (Fsp3) is 0.562. The minimum atomic E-state index is -1.07. The SMILES string of the molecule is CC1CCCC(OC(=O)C(C)(N)c2ccccc2)C1. The summed E-state index contributed by atoms with van der Waals surface area (Å²) in [5.41, 5.74) is 5.89. The Bertz CT molecular complexity index is 428. The van der Waals surface area contributed by atoms with Crippen LogP contribution in [0.1, 0.15) is 45.1 Å². The van der Waals surface area contributed by atoms with Gasteiger partial charge in [-0.3, -0.25) is 0 Å². The topological polar surface area (TPSA) is 52.3 Å². The summed E-state index contributed by atoms with van der Waals surface area (Å²) in [6, 6.07) is 9.41. The number of hydrogen-bond acceptors (Lipinski definition) is 3. The minimum Gasteiger partial charge on any atom is -0.461 e. The smallest absolute Gasteiger partial charge is 0.330 e. The summed E-state index contributed by atoms with van der Waals surface area (Å²) in [7, 11) is 0. The summed E-state index contributed by atoms with van der Waals surface area (Å²) in [6.07, 6.45) is 4.30. The lowest BCUT2D eigenvalue weighted by Gasteiger charge is -2.30. The second kappa shape index (κ2) is 5.74. The average Bonchev–Trinajstić information content (AvgIpc) is 2.39. The molecule has 1 aliphatic carbocycles. The summed E-state index contributed by atoms with van der Waals surface area (Å²) in [5, 5.41) is 0. The molecule has 1 aromatic rings. The third-order valence-corrected chi connectivity index (χ3v) is 3.96. The molecule has 1 saturated carbocycles. The van der Waals surface area contributed by atoms with Gasteiger partial charge in [0, 0.05) is 0 Å². The Balaban J connectivity index is 2.02. The molecule has 0 saturated heterocycles. The predicted molar refractivity (Wildman–Crippen MR) is 75.5 cm³/mol. The molecule has 3 nitrogen and oxygen atoms in total. The molecule has 0 heterocycles. The van der Waals surface area contributed by atoms with Gasteiger partial charge in [0.25, 0.3) is 0 Å². The average molecular weight is 261 g/mol. The van der Waals surface area contributed by atoms with Gasteiger partial charge in [0.1, 0.15) is 11.6 Å². The summed E-state index contributed by atoms with van der Waals surface area (Å²) in [6.45, 7) is 3.93. The molecule has 2 N–H and O–H groups in total. The van der Waals surface area contributed by atoms with Crippen molar-refractivity contribution < 1.29 is 9.53 Å². The van der Waals surface area contributed by atoms with E-state index in [0.29, 0.717) is 5.92 Å². The van der Waals surface area contributed by atoms with Crippen LogP contribution in [-0.4, -0.2) is 12.1 Å². The van der Waals surface area contributed by atoms with Crippen molar-refractivity contribution >= 4 is 5.97 Å². The van der Waals surface area contributed by atoms with Gasteiger partial charge in [0.05, 0.1) is 0 Å². The van der Waals surface area contributed by atoms with E-state index in [-0.39, 0.29) is 12.1 Å². The lowest BCUT2D eigenvalue weighted by molar-refractivity contribution is -0.157. The van der Waals surface area contributed by atoms with Gasteiger partial charge in [0.15, 0.2) is 0 Å². The molecule has 0 radical (unpaired) electrons. The first kappa shape index (κ1) is 14.1. The van der Waals surface area contributed by atoms with Gasteiger partial charge in [-0.15, -0.1) is 0 Å². The highest BCUT2D eigenvalue weighted by atomic mass is 16.5. The number of esters is 1. The fourth-order valence-electron chi connectivity index (χ4n) is 2.66. The van der Waals surface area contributed by atoms with Crippen LogP contribution in [0.15, 0.2) is 30.3 Å². The predicted octanol–water partition coefficient (Wildman–Crippen LogP) is 2.98. The molecule has 3 atom stereocenters. The number of carbonyl (C=O) groups excluding carboxylic acids is 1. The van der Waals surface area contributed by atoms with Crippen molar-refractivity contribution in [1.29, 1.82) is 0 Å². The molecule has 0 spiro atoms. The van der Waals surface area contributed by atoms with Crippen LogP contribution >= 0.6 is 0 Å². The summed E-state index contributed by atoms with van der Waals surface area (Å²) < 4.78 is 5.62. The Hall–Kier alpha value is -1.35. The number of hydrogen-bond donors (Lipinski definition) is 1. The van der Waals surface area contributed by atoms with Crippen LogP contribution in [0.5, 0.6) is 0 Å². The largest absolute Gasteiger partial charge is 0.461 e. The van der Waals surface area contributed by atoms with Crippen LogP contribution in [0.4, 0.5) is 0 Å². The lowest BCUT2D eigenvalue weighted by atomic mass is 9.88. The van der Waals surface area contributed by atoms with Crippen molar-refractivity contribution in [2.75, 3.05) is 0 Å². The molecular weight excluding hydrogens is 238 g/mol. The highest BCUT2D eigenvalue weighted by Crippen LogP contribution is 2.28. The third kappa shape index (κ3) is 3.35. The van der Waals surface area contributed by atoms with Gasteiger partial charge in [-0.25, -0.2) is 4.79 Å². The normalized spacial score (nSPS) is 26.5. The second-order valence-electron chi connectivity index (χ2n) is 5.87. The number of benzene rings is 1. The molecule has 1 aromatic carbocycles. The van der Waals surface area contributed by atoms with Gasteiger partial charge >= 0.3 is 5.97 Å². The minimum absolute atomic E-state index is 0.0304. The monoisotopic (exact) mass is 261 g/mol. The van der Waals surface area contributed by atoms with Crippen molar-refractivity contribution in [3.05, 3.63) is 35.9 Å². The quantitative estimate of drug-likeness (QED) is 0.851. The Morgan fingerprint density at radius 3 is 2.63 bits per heavy atom. The molecular formula is C16H23NO2. The first-order valence-corrected chi connectivity index (χ1v) is 7.05. The van der Waals surface area contributed by atoms with E-state index in [1.165, 1.54) is 6.42 Å². The van der Waals surface area contributed by atoms with Crippen molar-refractivity contribution in [1.82, 2.24) is 0 Å². The van der Waals surface area contributed by atoms with Crippen LogP contribution in [0.3, 0.4) is 0 Å². The fourth-order valence-corrected chi connectivity index (χ4v) is 2.66. The maximum atomic E-state index is 12.3. The molecule has 0 aliphatic heterocycles. The zero-order valence-electron chi connectivity index (χ0n) is 11.8. The van der Waals surface area contributed by atoms with Gasteiger partial charge in [0.2, 0.25) is 0 Å². The maximum Gasteiger partial charge on any atom is 0.330 e. The molecule has 0 amide bonds. The van der Waals surface area contributed by atoms with Crippen molar-refractivity contribution in [3.8, 4) is 0 Å². The molecule has 1 aliphatic rings. The molecule has 3 heteroatoms. The van der Waals surface area contributed by atoms with Gasteiger partial charge in [-0.1, -0.05) is 43.7 Å². The van der Waals surface area contributed by atoms with E-state index in [9.17, 15) is 4.79 Å². The molecule has 3 unspecified atom stereocenters. The van der Waals surface area contributed by atoms with Crippen molar-refractivity contribution in [2.24, 2.45) is 11.7 Å². The molecule has 104 valence electrons. The van der Waals surface area contributed by atoms with Gasteiger partial charge in [-0.05, 0) is 37.7 Å². The van der Waals surface area contributed by atoms with E-state index in [2.05, 4.69) is 6.92 Å². The first-order valence-electron chi connectivity index (χ1n) is 7.05. The standard InChI is InChI=1S/C16H23NO2/c1-12-7-6-10-14(11-12)19-15(18)16(2,17)13-8-4-3-5-9-13/h3-5,8-9,12,14H,6-7,10-11,17H2,1-2H3. The van der Waals surface area contributed by atoms with Gasteiger partial charge in [-0.2, -0.15) is 0 Å². The first-order chi connectivity index (χ1) is 9.00. The summed E-state index contributed by atoms with van der Waals surface area (Å²) >= 11 is 0. The van der Waals surface area contributed by atoms with Crippen molar-refractivity contribution in [2.45, 2.75) is 51.2 Å². The maximum absolute atomic E-state index is 12.3. The molecule has 19 heavy (non-hydrogen) atoms. The van der Waals surface area contributed by atoms with E-state index in [0.717, 1.165) is 24.8 Å². The van der Waals surface area contributed by atoms with Crippen LogP contribution in [0.2, 0.25) is 0 Å². The zero-order valence-corrected chi connectivity index (χ0v) is 11.8. The number of carbonyl (C=O) groups is 1. The number of ether oxygens (including phenoxy) is 1. The van der Waals surface area contributed by atoms with Crippen molar-refractivity contribution in [3.63, 3.8) is 0 Å². The van der Waals surface area contributed by atoms with E-state index >= 15 is 0 Å². The zero-order chi connectivity index (χ0) is 13.9.